The van der Waals surface area contributed by atoms with E-state index in [1.54, 1.807) is 11.6 Å². The molecule has 0 saturated carbocycles. The number of nitriles is 1. The Kier molecular flexibility index (Phi) is 3.93. The van der Waals surface area contributed by atoms with Gasteiger partial charge in [-0.15, -0.1) is 10.2 Å². The van der Waals surface area contributed by atoms with Crippen LogP contribution >= 0.6 is 11.8 Å². The van der Waals surface area contributed by atoms with Crippen LogP contribution in [-0.4, -0.2) is 33.0 Å². The maximum atomic E-state index is 11.1. The highest BCUT2D eigenvalue weighted by Gasteiger charge is 2.08. The number of hydrogen-bond donors (Lipinski definition) is 2. The van der Waals surface area contributed by atoms with Crippen molar-refractivity contribution in [1.82, 2.24) is 20.1 Å². The van der Waals surface area contributed by atoms with Crippen molar-refractivity contribution in [3.05, 3.63) is 0 Å². The Balaban J connectivity index is 2.41. The van der Waals surface area contributed by atoms with Gasteiger partial charge in [0.1, 0.15) is 6.54 Å². The summed E-state index contributed by atoms with van der Waals surface area (Å²) >= 11 is 1.21. The van der Waals surface area contributed by atoms with Crippen LogP contribution in [0.4, 0.5) is 5.95 Å². The van der Waals surface area contributed by atoms with Gasteiger partial charge in [-0.2, -0.15) is 5.26 Å². The van der Waals surface area contributed by atoms with E-state index in [2.05, 4.69) is 15.5 Å². The van der Waals surface area contributed by atoms with E-state index in [9.17, 15) is 4.79 Å². The third-order valence-electron chi connectivity index (χ3n) is 1.57. The molecule has 0 aliphatic heterocycles. The Hall–Kier alpha value is -1.75. The first kappa shape index (κ1) is 11.3. The van der Waals surface area contributed by atoms with Gasteiger partial charge in [0, 0.05) is 7.05 Å². The summed E-state index contributed by atoms with van der Waals surface area (Å²) in [4.78, 5) is 11.1. The van der Waals surface area contributed by atoms with Gasteiger partial charge in [-0.05, 0) is 0 Å². The van der Waals surface area contributed by atoms with Crippen molar-refractivity contribution in [2.24, 2.45) is 7.05 Å². The van der Waals surface area contributed by atoms with Crippen LogP contribution in [0.3, 0.4) is 0 Å². The number of carbonyl (C=O) groups is 1. The second-order valence-corrected chi connectivity index (χ2v) is 3.57. The Morgan fingerprint density at radius 3 is 3.00 bits per heavy atom. The predicted molar refractivity (Wildman–Crippen MR) is 54.8 cm³/mol. The highest BCUT2D eigenvalue weighted by molar-refractivity contribution is 7.99. The Morgan fingerprint density at radius 2 is 2.47 bits per heavy atom. The van der Waals surface area contributed by atoms with Gasteiger partial charge >= 0.3 is 0 Å². The fourth-order valence-corrected chi connectivity index (χ4v) is 1.52. The molecule has 0 unspecified atom stereocenters. The van der Waals surface area contributed by atoms with E-state index in [0.717, 1.165) is 0 Å². The summed E-state index contributed by atoms with van der Waals surface area (Å²) < 4.78 is 1.59. The minimum absolute atomic E-state index is 0.0142. The van der Waals surface area contributed by atoms with E-state index in [1.165, 1.54) is 11.8 Å². The fraction of sp³-hybridized carbons (Fsp3) is 0.429. The number of carbonyl (C=O) groups excluding carboxylic acids is 1. The van der Waals surface area contributed by atoms with Crippen LogP contribution in [-0.2, 0) is 11.8 Å². The summed E-state index contributed by atoms with van der Waals surface area (Å²) in [7, 11) is 1.71. The number of rotatable bonds is 4. The van der Waals surface area contributed by atoms with E-state index in [1.807, 2.05) is 6.07 Å². The largest absolute Gasteiger partial charge is 0.368 e. The van der Waals surface area contributed by atoms with Crippen molar-refractivity contribution in [3.8, 4) is 6.07 Å². The molecule has 0 radical (unpaired) electrons. The molecule has 1 aromatic heterocycles. The molecule has 80 valence electrons. The number of nitrogens with one attached hydrogen (secondary N) is 1. The lowest BCUT2D eigenvalue weighted by Gasteiger charge is -2.00. The van der Waals surface area contributed by atoms with E-state index in [-0.39, 0.29) is 18.2 Å². The minimum Gasteiger partial charge on any atom is -0.368 e. The molecule has 0 aliphatic rings. The van der Waals surface area contributed by atoms with Crippen molar-refractivity contribution >= 4 is 23.6 Å². The SMILES string of the molecule is Cn1c(N)nnc1SCC(=O)NCC#N. The summed E-state index contributed by atoms with van der Waals surface area (Å²) in [6, 6.07) is 1.82. The maximum absolute atomic E-state index is 11.1. The summed E-state index contributed by atoms with van der Waals surface area (Å²) in [6.07, 6.45) is 0. The molecule has 0 bridgehead atoms. The van der Waals surface area contributed by atoms with Crippen LogP contribution in [0.5, 0.6) is 0 Å². The monoisotopic (exact) mass is 226 g/mol. The van der Waals surface area contributed by atoms with Crippen molar-refractivity contribution < 1.29 is 4.79 Å². The molecule has 1 rings (SSSR count). The number of anilines is 1. The molecule has 0 aliphatic carbocycles. The average molecular weight is 226 g/mol. The van der Waals surface area contributed by atoms with Gasteiger partial charge in [-0.3, -0.25) is 9.36 Å². The predicted octanol–water partition coefficient (Wildman–Crippen LogP) is -0.871. The topological polar surface area (TPSA) is 110 Å². The molecule has 1 aromatic rings. The first-order valence-electron chi connectivity index (χ1n) is 4.06. The molecule has 3 N–H and O–H groups in total. The zero-order chi connectivity index (χ0) is 11.3. The minimum atomic E-state index is -0.219. The first-order chi connectivity index (χ1) is 7.15. The van der Waals surface area contributed by atoms with Crippen LogP contribution in [0.15, 0.2) is 5.16 Å². The third kappa shape index (κ3) is 3.14. The molecule has 0 fully saturated rings. The highest BCUT2D eigenvalue weighted by Crippen LogP contribution is 2.15. The van der Waals surface area contributed by atoms with Gasteiger partial charge in [-0.1, -0.05) is 11.8 Å². The number of hydrogen-bond acceptors (Lipinski definition) is 6. The van der Waals surface area contributed by atoms with Crippen LogP contribution in [0, 0.1) is 11.3 Å². The maximum Gasteiger partial charge on any atom is 0.231 e. The van der Waals surface area contributed by atoms with E-state index in [0.29, 0.717) is 11.1 Å². The van der Waals surface area contributed by atoms with Crippen LogP contribution in [0.1, 0.15) is 0 Å². The molecule has 15 heavy (non-hydrogen) atoms. The summed E-state index contributed by atoms with van der Waals surface area (Å²) in [5.74, 6) is 0.270. The van der Waals surface area contributed by atoms with E-state index < -0.39 is 0 Å². The van der Waals surface area contributed by atoms with Crippen molar-refractivity contribution in [2.45, 2.75) is 5.16 Å². The molecule has 8 heteroatoms. The Labute approximate surface area is 90.6 Å². The highest BCUT2D eigenvalue weighted by atomic mass is 32.2. The Bertz CT molecular complexity index is 395. The third-order valence-corrected chi connectivity index (χ3v) is 2.59. The number of nitrogens with two attached hydrogens (primary N) is 1. The zero-order valence-corrected chi connectivity index (χ0v) is 8.91. The first-order valence-corrected chi connectivity index (χ1v) is 5.05. The lowest BCUT2D eigenvalue weighted by atomic mass is 10.6. The zero-order valence-electron chi connectivity index (χ0n) is 8.10. The van der Waals surface area contributed by atoms with Crippen molar-refractivity contribution in [3.63, 3.8) is 0 Å². The number of amides is 1. The standard InChI is InChI=1S/C7H10N6OS/c1-13-6(9)11-12-7(13)15-4-5(14)10-3-2-8/h3-4H2,1H3,(H2,9,11)(H,10,14). The number of thioether (sulfide) groups is 1. The lowest BCUT2D eigenvalue weighted by molar-refractivity contribution is -0.118. The van der Waals surface area contributed by atoms with Gasteiger partial charge in [-0.25, -0.2) is 0 Å². The smallest absolute Gasteiger partial charge is 0.231 e. The second kappa shape index (κ2) is 5.21. The molecule has 0 atom stereocenters. The number of nitrogen functional groups attached to an aromatic ring is 1. The molecule has 0 saturated heterocycles. The second-order valence-electron chi connectivity index (χ2n) is 2.62. The summed E-state index contributed by atoms with van der Waals surface area (Å²) in [6.45, 7) is 0.0142. The molecule has 1 amide bonds. The summed E-state index contributed by atoms with van der Waals surface area (Å²) in [5, 5.41) is 18.6. The fourth-order valence-electron chi connectivity index (χ4n) is 0.771. The number of aromatic nitrogens is 3. The van der Waals surface area contributed by atoms with Gasteiger partial charge < -0.3 is 11.1 Å². The van der Waals surface area contributed by atoms with Crippen LogP contribution in [0.25, 0.3) is 0 Å². The number of nitrogens with zero attached hydrogens (tertiary/aromatic N) is 4. The van der Waals surface area contributed by atoms with Crippen molar-refractivity contribution in [1.29, 1.82) is 5.26 Å². The van der Waals surface area contributed by atoms with Gasteiger partial charge in [0.2, 0.25) is 11.9 Å². The van der Waals surface area contributed by atoms with Gasteiger partial charge in [0.05, 0.1) is 11.8 Å². The van der Waals surface area contributed by atoms with Crippen molar-refractivity contribution in [2.75, 3.05) is 18.0 Å². The van der Waals surface area contributed by atoms with Crippen LogP contribution < -0.4 is 11.1 Å². The Morgan fingerprint density at radius 1 is 1.73 bits per heavy atom. The van der Waals surface area contributed by atoms with Gasteiger partial charge in [0.15, 0.2) is 5.16 Å². The lowest BCUT2D eigenvalue weighted by Crippen LogP contribution is -2.25. The normalized spacial score (nSPS) is 9.60. The molecule has 0 aromatic carbocycles. The quantitative estimate of drug-likeness (QED) is 0.510. The molecule has 7 nitrogen and oxygen atoms in total. The molecule has 1 heterocycles. The molecule has 0 spiro atoms. The summed E-state index contributed by atoms with van der Waals surface area (Å²) in [5.41, 5.74) is 5.46. The van der Waals surface area contributed by atoms with Gasteiger partial charge in [0.25, 0.3) is 0 Å². The van der Waals surface area contributed by atoms with Crippen LogP contribution in [0.2, 0.25) is 0 Å². The van der Waals surface area contributed by atoms with E-state index >= 15 is 0 Å². The molecular weight excluding hydrogens is 216 g/mol. The van der Waals surface area contributed by atoms with E-state index in [4.69, 9.17) is 11.0 Å². The average Bonchev–Trinajstić information content (AvgIpc) is 2.54. The molecular formula is C7H10N6OS.